The highest BCUT2D eigenvalue weighted by atomic mass is 35.5. The van der Waals surface area contributed by atoms with Crippen molar-refractivity contribution in [1.82, 2.24) is 0 Å². The van der Waals surface area contributed by atoms with E-state index in [4.69, 9.17) is 27.9 Å². The van der Waals surface area contributed by atoms with Crippen LogP contribution in [-0.4, -0.2) is 13.1 Å². The second-order valence-electron chi connectivity index (χ2n) is 4.11. The van der Waals surface area contributed by atoms with Gasteiger partial charge in [-0.3, -0.25) is 0 Å². The number of methoxy groups -OCH3 is 1. The van der Waals surface area contributed by atoms with E-state index in [1.54, 1.807) is 42.5 Å². The molecule has 0 aliphatic rings. The van der Waals surface area contributed by atoms with Crippen molar-refractivity contribution in [2.75, 3.05) is 7.11 Å². The molecule has 0 amide bonds. The molecule has 2 aromatic rings. The minimum Gasteiger partial charge on any atom is -0.465 e. The molecule has 0 bridgehead atoms. The maximum atomic E-state index is 11.9. The van der Waals surface area contributed by atoms with Gasteiger partial charge in [0.15, 0.2) is 0 Å². The summed E-state index contributed by atoms with van der Waals surface area (Å²) in [7, 11) is 1.36. The average Bonchev–Trinajstić information content (AvgIpc) is 2.47. The van der Waals surface area contributed by atoms with Crippen LogP contribution in [0.25, 0.3) is 11.6 Å². The molecule has 0 aliphatic heterocycles. The van der Waals surface area contributed by atoms with Gasteiger partial charge in [0.05, 0.1) is 12.7 Å². The zero-order valence-electron chi connectivity index (χ0n) is 10.8. The summed E-state index contributed by atoms with van der Waals surface area (Å²) in [5.74, 6) is -0.401. The Morgan fingerprint density at radius 1 is 0.950 bits per heavy atom. The molecule has 0 fully saturated rings. The maximum absolute atomic E-state index is 11.9. The van der Waals surface area contributed by atoms with Gasteiger partial charge in [-0.25, -0.2) is 4.79 Å². The van der Waals surface area contributed by atoms with Crippen molar-refractivity contribution in [1.29, 1.82) is 0 Å². The number of carbonyl (C=O) groups is 1. The Balaban J connectivity index is 2.44. The smallest absolute Gasteiger partial charge is 0.338 e. The molecule has 2 aromatic carbocycles. The van der Waals surface area contributed by atoms with E-state index in [0.29, 0.717) is 15.6 Å². The molecular weight excluding hydrogens is 295 g/mol. The Morgan fingerprint density at radius 3 is 1.95 bits per heavy atom. The lowest BCUT2D eigenvalue weighted by atomic mass is 10.0. The summed E-state index contributed by atoms with van der Waals surface area (Å²) in [6, 6.07) is 14.2. The molecule has 0 aliphatic carbocycles. The van der Waals surface area contributed by atoms with E-state index in [0.717, 1.165) is 11.1 Å². The van der Waals surface area contributed by atoms with E-state index < -0.39 is 5.97 Å². The molecule has 0 saturated carbocycles. The molecule has 0 saturated heterocycles. The van der Waals surface area contributed by atoms with Crippen LogP contribution >= 0.6 is 23.2 Å². The van der Waals surface area contributed by atoms with E-state index >= 15 is 0 Å². The van der Waals surface area contributed by atoms with Crippen LogP contribution in [0.3, 0.4) is 0 Å². The predicted molar refractivity (Wildman–Crippen MR) is 82.8 cm³/mol. The molecule has 2 nitrogen and oxygen atoms in total. The SMILES string of the molecule is COC(=O)/C(=C/c1ccc(Cl)cc1)c1ccc(Cl)cc1. The molecule has 0 spiro atoms. The van der Waals surface area contributed by atoms with Gasteiger partial charge >= 0.3 is 5.97 Å². The number of carbonyl (C=O) groups excluding carboxylic acids is 1. The van der Waals surface area contributed by atoms with Crippen molar-refractivity contribution in [3.63, 3.8) is 0 Å². The molecule has 20 heavy (non-hydrogen) atoms. The topological polar surface area (TPSA) is 26.3 Å². The van der Waals surface area contributed by atoms with E-state index in [9.17, 15) is 4.79 Å². The van der Waals surface area contributed by atoms with Gasteiger partial charge in [-0.2, -0.15) is 0 Å². The summed E-state index contributed by atoms with van der Waals surface area (Å²) in [5, 5.41) is 1.26. The van der Waals surface area contributed by atoms with Crippen molar-refractivity contribution in [3.05, 3.63) is 69.7 Å². The van der Waals surface area contributed by atoms with Crippen LogP contribution in [0, 0.1) is 0 Å². The average molecular weight is 307 g/mol. The summed E-state index contributed by atoms with van der Waals surface area (Å²) < 4.78 is 4.83. The number of hydrogen-bond acceptors (Lipinski definition) is 2. The highest BCUT2D eigenvalue weighted by Crippen LogP contribution is 2.22. The minimum absolute atomic E-state index is 0.401. The monoisotopic (exact) mass is 306 g/mol. The van der Waals surface area contributed by atoms with Crippen LogP contribution in [0.1, 0.15) is 11.1 Å². The van der Waals surface area contributed by atoms with Crippen molar-refractivity contribution in [2.45, 2.75) is 0 Å². The first kappa shape index (κ1) is 14.6. The molecule has 0 aromatic heterocycles. The molecule has 4 heteroatoms. The van der Waals surface area contributed by atoms with Crippen molar-refractivity contribution in [3.8, 4) is 0 Å². The quantitative estimate of drug-likeness (QED) is 0.466. The zero-order valence-corrected chi connectivity index (χ0v) is 12.3. The summed E-state index contributed by atoms with van der Waals surface area (Å²) in [6.45, 7) is 0. The van der Waals surface area contributed by atoms with Gasteiger partial charge < -0.3 is 4.74 Å². The first-order valence-corrected chi connectivity index (χ1v) is 6.67. The van der Waals surface area contributed by atoms with Gasteiger partial charge in [0.2, 0.25) is 0 Å². The van der Waals surface area contributed by atoms with Crippen LogP contribution in [-0.2, 0) is 9.53 Å². The molecule has 0 heterocycles. The summed E-state index contributed by atoms with van der Waals surface area (Å²) in [5.41, 5.74) is 2.08. The third kappa shape index (κ3) is 3.62. The maximum Gasteiger partial charge on any atom is 0.338 e. The second-order valence-corrected chi connectivity index (χ2v) is 4.98. The molecule has 0 radical (unpaired) electrons. The molecule has 2 rings (SSSR count). The number of hydrogen-bond donors (Lipinski definition) is 0. The highest BCUT2D eigenvalue weighted by molar-refractivity contribution is 6.31. The Morgan fingerprint density at radius 2 is 1.45 bits per heavy atom. The van der Waals surface area contributed by atoms with E-state index in [2.05, 4.69) is 0 Å². The molecule has 0 atom stereocenters. The Hall–Kier alpha value is -1.77. The number of ether oxygens (including phenoxy) is 1. The van der Waals surface area contributed by atoms with E-state index in [1.807, 2.05) is 12.1 Å². The number of esters is 1. The van der Waals surface area contributed by atoms with E-state index in [1.165, 1.54) is 7.11 Å². The van der Waals surface area contributed by atoms with Crippen LogP contribution in [0.15, 0.2) is 48.5 Å². The van der Waals surface area contributed by atoms with Crippen molar-refractivity contribution < 1.29 is 9.53 Å². The summed E-state index contributed by atoms with van der Waals surface area (Å²) in [4.78, 5) is 11.9. The van der Waals surface area contributed by atoms with Crippen molar-refractivity contribution in [2.24, 2.45) is 0 Å². The predicted octanol–water partition coefficient (Wildman–Crippen LogP) is 4.71. The zero-order chi connectivity index (χ0) is 14.5. The lowest BCUT2D eigenvalue weighted by molar-refractivity contribution is -0.133. The Kier molecular flexibility index (Phi) is 4.83. The number of halogens is 2. The van der Waals surface area contributed by atoms with Gasteiger partial charge in [-0.1, -0.05) is 47.5 Å². The van der Waals surface area contributed by atoms with Gasteiger partial charge in [0.1, 0.15) is 0 Å². The summed E-state index contributed by atoms with van der Waals surface area (Å²) >= 11 is 11.7. The van der Waals surface area contributed by atoms with Crippen molar-refractivity contribution >= 4 is 40.8 Å². The molecule has 0 unspecified atom stereocenters. The normalized spacial score (nSPS) is 11.2. The van der Waals surface area contributed by atoms with Crippen LogP contribution in [0.2, 0.25) is 10.0 Å². The van der Waals surface area contributed by atoms with E-state index in [-0.39, 0.29) is 0 Å². The lowest BCUT2D eigenvalue weighted by Crippen LogP contribution is -2.03. The fraction of sp³-hybridized carbons (Fsp3) is 0.0625. The van der Waals surface area contributed by atoms with Gasteiger partial charge in [0, 0.05) is 10.0 Å². The number of benzene rings is 2. The van der Waals surface area contributed by atoms with Crippen LogP contribution in [0.5, 0.6) is 0 Å². The van der Waals surface area contributed by atoms with Gasteiger partial charge in [-0.05, 0) is 41.5 Å². The summed E-state index contributed by atoms with van der Waals surface area (Å²) in [6.07, 6.45) is 1.76. The minimum atomic E-state index is -0.401. The number of rotatable bonds is 3. The lowest BCUT2D eigenvalue weighted by Gasteiger charge is -2.06. The van der Waals surface area contributed by atoms with Crippen LogP contribution in [0.4, 0.5) is 0 Å². The molecule has 102 valence electrons. The molecular formula is C16H12Cl2O2. The fourth-order valence-corrected chi connectivity index (χ4v) is 1.98. The second kappa shape index (κ2) is 6.60. The first-order valence-electron chi connectivity index (χ1n) is 5.91. The Bertz CT molecular complexity index is 629. The third-order valence-electron chi connectivity index (χ3n) is 2.74. The molecule has 0 N–H and O–H groups in total. The highest BCUT2D eigenvalue weighted by Gasteiger charge is 2.12. The third-order valence-corrected chi connectivity index (χ3v) is 3.25. The largest absolute Gasteiger partial charge is 0.465 e. The standard InChI is InChI=1S/C16H12Cl2O2/c1-20-16(19)15(12-4-8-14(18)9-5-12)10-11-2-6-13(17)7-3-11/h2-10H,1H3/b15-10+. The first-order chi connectivity index (χ1) is 9.60. The van der Waals surface area contributed by atoms with Gasteiger partial charge in [-0.15, -0.1) is 0 Å². The Labute approximate surface area is 127 Å². The van der Waals surface area contributed by atoms with Crippen LogP contribution < -0.4 is 0 Å². The van der Waals surface area contributed by atoms with Gasteiger partial charge in [0.25, 0.3) is 0 Å². The fourth-order valence-electron chi connectivity index (χ4n) is 1.73.